The zero-order chi connectivity index (χ0) is 12.9. The van der Waals surface area contributed by atoms with Crippen LogP contribution in [0.4, 0.5) is 13.2 Å². The van der Waals surface area contributed by atoms with E-state index in [1.807, 2.05) is 31.2 Å². The molecule has 1 atom stereocenters. The van der Waals surface area contributed by atoms with Gasteiger partial charge in [0.05, 0.1) is 0 Å². The highest BCUT2D eigenvalue weighted by Gasteiger charge is 2.28. The molecule has 0 aromatic heterocycles. The largest absolute Gasteiger partial charge is 0.389 e. The molecule has 1 aromatic carbocycles. The Kier molecular flexibility index (Phi) is 5.72. The fraction of sp³-hybridized carbons (Fsp3) is 0.500. The van der Waals surface area contributed by atoms with Crippen LogP contribution in [0.25, 0.3) is 0 Å². The maximum Gasteiger partial charge on any atom is 0.389 e. The lowest BCUT2D eigenvalue weighted by molar-refractivity contribution is -0.136. The second kappa shape index (κ2) is 6.58. The molecule has 0 saturated carbocycles. The van der Waals surface area contributed by atoms with Gasteiger partial charge >= 0.3 is 6.18 Å². The van der Waals surface area contributed by atoms with E-state index in [0.717, 1.165) is 9.13 Å². The monoisotopic (exact) mass is 357 g/mol. The topological polar surface area (TPSA) is 12.0 Å². The summed E-state index contributed by atoms with van der Waals surface area (Å²) >= 11 is 2.16. The van der Waals surface area contributed by atoms with Crippen molar-refractivity contribution in [2.45, 2.75) is 32.0 Å². The second-order valence-electron chi connectivity index (χ2n) is 3.82. The molecular weight excluding hydrogens is 342 g/mol. The van der Waals surface area contributed by atoms with Gasteiger partial charge < -0.3 is 5.32 Å². The minimum atomic E-state index is -4.09. The first-order valence-corrected chi connectivity index (χ1v) is 6.56. The summed E-state index contributed by atoms with van der Waals surface area (Å²) in [5.41, 5.74) is 0.919. The van der Waals surface area contributed by atoms with Gasteiger partial charge in [-0.1, -0.05) is 19.1 Å². The Morgan fingerprint density at radius 1 is 1.35 bits per heavy atom. The Balaban J connectivity index is 2.71. The van der Waals surface area contributed by atoms with Crippen molar-refractivity contribution in [2.24, 2.45) is 0 Å². The minimum Gasteiger partial charge on any atom is -0.310 e. The molecule has 1 aromatic rings. The number of benzene rings is 1. The van der Waals surface area contributed by atoms with Crippen LogP contribution in [0.2, 0.25) is 0 Å². The fourth-order valence-corrected chi connectivity index (χ4v) is 2.23. The minimum absolute atomic E-state index is 0.0808. The third-order valence-electron chi connectivity index (χ3n) is 2.42. The average molecular weight is 357 g/mol. The van der Waals surface area contributed by atoms with Crippen LogP contribution in [0.1, 0.15) is 31.4 Å². The van der Waals surface area contributed by atoms with E-state index in [2.05, 4.69) is 27.9 Å². The Morgan fingerprint density at radius 3 is 2.59 bits per heavy atom. The summed E-state index contributed by atoms with van der Waals surface area (Å²) in [6.07, 6.45) is -4.76. The van der Waals surface area contributed by atoms with E-state index in [-0.39, 0.29) is 12.5 Å². The Morgan fingerprint density at radius 2 is 2.06 bits per heavy atom. The van der Waals surface area contributed by atoms with Gasteiger partial charge in [-0.15, -0.1) is 0 Å². The number of hydrogen-bond donors (Lipinski definition) is 1. The predicted octanol–water partition coefficient (Wildman–Crippen LogP) is 4.28. The summed E-state index contributed by atoms with van der Waals surface area (Å²) in [5.74, 6) is 0. The number of alkyl halides is 3. The summed E-state index contributed by atoms with van der Waals surface area (Å²) in [6.45, 7) is 2.56. The van der Waals surface area contributed by atoms with Crippen molar-refractivity contribution in [2.75, 3.05) is 6.54 Å². The number of halogens is 4. The highest BCUT2D eigenvalue weighted by atomic mass is 127. The van der Waals surface area contributed by atoms with Crippen molar-refractivity contribution in [1.82, 2.24) is 5.32 Å². The first-order chi connectivity index (χ1) is 7.92. The van der Waals surface area contributed by atoms with Crippen LogP contribution in [-0.4, -0.2) is 12.7 Å². The SMILES string of the molecule is CCNC(CCC(F)(F)F)c1cccc(I)c1. The average Bonchev–Trinajstić information content (AvgIpc) is 2.23. The van der Waals surface area contributed by atoms with Gasteiger partial charge in [0.2, 0.25) is 0 Å². The van der Waals surface area contributed by atoms with E-state index >= 15 is 0 Å². The molecule has 0 amide bonds. The van der Waals surface area contributed by atoms with E-state index in [4.69, 9.17) is 0 Å². The molecule has 1 nitrogen and oxygen atoms in total. The number of hydrogen-bond acceptors (Lipinski definition) is 1. The molecule has 1 N–H and O–H groups in total. The van der Waals surface area contributed by atoms with E-state index in [9.17, 15) is 13.2 Å². The molecule has 5 heteroatoms. The zero-order valence-corrected chi connectivity index (χ0v) is 11.7. The van der Waals surface area contributed by atoms with Crippen molar-refractivity contribution in [3.8, 4) is 0 Å². The molecule has 1 unspecified atom stereocenters. The van der Waals surface area contributed by atoms with Crippen molar-refractivity contribution in [3.63, 3.8) is 0 Å². The summed E-state index contributed by atoms with van der Waals surface area (Å²) in [6, 6.07) is 7.36. The molecule has 0 heterocycles. The van der Waals surface area contributed by atoms with Crippen LogP contribution in [0.5, 0.6) is 0 Å². The fourth-order valence-electron chi connectivity index (χ4n) is 1.66. The van der Waals surface area contributed by atoms with Gasteiger partial charge in [0, 0.05) is 16.0 Å². The van der Waals surface area contributed by atoms with Crippen molar-refractivity contribution < 1.29 is 13.2 Å². The van der Waals surface area contributed by atoms with E-state index in [0.29, 0.717) is 6.54 Å². The van der Waals surface area contributed by atoms with Crippen molar-refractivity contribution in [1.29, 1.82) is 0 Å². The normalized spacial score (nSPS) is 13.7. The molecule has 0 bridgehead atoms. The molecule has 1 rings (SSSR count). The molecule has 0 spiro atoms. The lowest BCUT2D eigenvalue weighted by Gasteiger charge is -2.19. The van der Waals surface area contributed by atoms with Gasteiger partial charge in [-0.3, -0.25) is 0 Å². The Bertz CT molecular complexity index is 352. The van der Waals surface area contributed by atoms with Crippen LogP contribution in [0.3, 0.4) is 0 Å². The molecule has 96 valence electrons. The van der Waals surface area contributed by atoms with Gasteiger partial charge in [-0.2, -0.15) is 13.2 Å². The smallest absolute Gasteiger partial charge is 0.310 e. The zero-order valence-electron chi connectivity index (χ0n) is 9.52. The molecule has 0 aliphatic heterocycles. The first-order valence-electron chi connectivity index (χ1n) is 5.48. The van der Waals surface area contributed by atoms with Crippen LogP contribution in [0.15, 0.2) is 24.3 Å². The van der Waals surface area contributed by atoms with Gasteiger partial charge in [-0.05, 0) is 53.3 Å². The molecule has 0 aliphatic rings. The van der Waals surface area contributed by atoms with Crippen LogP contribution < -0.4 is 5.32 Å². The van der Waals surface area contributed by atoms with Crippen LogP contribution in [0, 0.1) is 3.57 Å². The van der Waals surface area contributed by atoms with Gasteiger partial charge in [0.25, 0.3) is 0 Å². The van der Waals surface area contributed by atoms with Crippen molar-refractivity contribution >= 4 is 22.6 Å². The maximum absolute atomic E-state index is 12.2. The Hall–Kier alpha value is -0.300. The summed E-state index contributed by atoms with van der Waals surface area (Å²) in [4.78, 5) is 0. The lowest BCUT2D eigenvalue weighted by atomic mass is 10.0. The summed E-state index contributed by atoms with van der Waals surface area (Å²) in [7, 11) is 0. The first kappa shape index (κ1) is 14.8. The third-order valence-corrected chi connectivity index (χ3v) is 3.09. The third kappa shape index (κ3) is 5.72. The van der Waals surface area contributed by atoms with Gasteiger partial charge in [0.1, 0.15) is 0 Å². The van der Waals surface area contributed by atoms with Crippen LogP contribution in [-0.2, 0) is 0 Å². The summed E-state index contributed by atoms with van der Waals surface area (Å²) in [5, 5.41) is 3.10. The quantitative estimate of drug-likeness (QED) is 0.776. The number of rotatable bonds is 5. The maximum atomic E-state index is 12.2. The van der Waals surface area contributed by atoms with Gasteiger partial charge in [0.15, 0.2) is 0 Å². The summed E-state index contributed by atoms with van der Waals surface area (Å²) < 4.78 is 37.7. The molecule has 0 saturated heterocycles. The molecule has 0 radical (unpaired) electrons. The highest BCUT2D eigenvalue weighted by molar-refractivity contribution is 14.1. The molecule has 17 heavy (non-hydrogen) atoms. The van der Waals surface area contributed by atoms with Crippen molar-refractivity contribution in [3.05, 3.63) is 33.4 Å². The Labute approximate surface area is 113 Å². The lowest BCUT2D eigenvalue weighted by Crippen LogP contribution is -2.23. The van der Waals surface area contributed by atoms with E-state index in [1.54, 1.807) is 0 Å². The van der Waals surface area contributed by atoms with Crippen LogP contribution >= 0.6 is 22.6 Å². The van der Waals surface area contributed by atoms with Gasteiger partial charge in [-0.25, -0.2) is 0 Å². The molecule has 0 aliphatic carbocycles. The molecular formula is C12H15F3IN. The van der Waals surface area contributed by atoms with E-state index < -0.39 is 12.6 Å². The van der Waals surface area contributed by atoms with E-state index in [1.165, 1.54) is 0 Å². The molecule has 0 fully saturated rings. The second-order valence-corrected chi connectivity index (χ2v) is 5.06. The predicted molar refractivity (Wildman–Crippen MR) is 70.9 cm³/mol. The standard InChI is InChI=1S/C12H15F3IN/c1-2-17-11(6-7-12(13,14)15)9-4-3-5-10(16)8-9/h3-5,8,11,17H,2,6-7H2,1H3. The number of nitrogens with one attached hydrogen (secondary N) is 1. The highest BCUT2D eigenvalue weighted by Crippen LogP contribution is 2.28.